The molecular formula is C12H9N4O. The fourth-order valence-electron chi connectivity index (χ4n) is 1.74. The molecule has 1 N–H and O–H groups in total. The molecular weight excluding hydrogens is 216 g/mol. The van der Waals surface area contributed by atoms with E-state index >= 15 is 0 Å². The number of nitrogens with zero attached hydrogens (tertiary/aromatic N) is 4. The molecule has 0 fully saturated rings. The van der Waals surface area contributed by atoms with Crippen LogP contribution in [-0.4, -0.2) is 24.9 Å². The molecule has 0 saturated carbocycles. The van der Waals surface area contributed by atoms with Crippen molar-refractivity contribution < 1.29 is 5.11 Å². The quantitative estimate of drug-likeness (QED) is 0.682. The fourth-order valence-corrected chi connectivity index (χ4v) is 1.74. The zero-order valence-electron chi connectivity index (χ0n) is 9.12. The van der Waals surface area contributed by atoms with E-state index in [2.05, 4.69) is 21.1 Å². The Bertz CT molecular complexity index is 690. The van der Waals surface area contributed by atoms with Crippen LogP contribution in [-0.2, 0) is 7.05 Å². The van der Waals surface area contributed by atoms with Crippen LogP contribution in [0.1, 0.15) is 0 Å². The molecule has 0 spiro atoms. The average Bonchev–Trinajstić information content (AvgIpc) is 2.74. The van der Waals surface area contributed by atoms with Crippen LogP contribution in [0.4, 0.5) is 0 Å². The summed E-state index contributed by atoms with van der Waals surface area (Å²) in [6, 6.07) is 6.21. The Kier molecular flexibility index (Phi) is 2.04. The standard InChI is InChI=1S/C12H9N4O/c1-16-5-2-10(15-16)9-6-8(17)7-11-12(9)14-4-3-13-11/h2-6,17H,1H3. The van der Waals surface area contributed by atoms with Crippen LogP contribution in [0.25, 0.3) is 22.3 Å². The highest BCUT2D eigenvalue weighted by atomic mass is 16.3. The van der Waals surface area contributed by atoms with Crippen molar-refractivity contribution in [3.05, 3.63) is 36.8 Å². The van der Waals surface area contributed by atoms with Crippen molar-refractivity contribution in [1.29, 1.82) is 0 Å². The van der Waals surface area contributed by atoms with E-state index in [0.29, 0.717) is 11.0 Å². The second kappa shape index (κ2) is 3.55. The van der Waals surface area contributed by atoms with Gasteiger partial charge >= 0.3 is 0 Å². The van der Waals surface area contributed by atoms with E-state index in [9.17, 15) is 5.11 Å². The number of hydrogen-bond donors (Lipinski definition) is 1. The second-order valence-corrected chi connectivity index (χ2v) is 3.70. The lowest BCUT2D eigenvalue weighted by Gasteiger charge is -2.03. The first kappa shape index (κ1) is 9.77. The normalized spacial score (nSPS) is 10.9. The largest absolute Gasteiger partial charge is 0.507 e. The molecule has 0 bridgehead atoms. The fraction of sp³-hybridized carbons (Fsp3) is 0.0833. The van der Waals surface area contributed by atoms with Gasteiger partial charge in [-0.25, -0.2) is 0 Å². The number of aromatic nitrogens is 4. The molecule has 0 unspecified atom stereocenters. The zero-order chi connectivity index (χ0) is 11.8. The summed E-state index contributed by atoms with van der Waals surface area (Å²) in [5.74, 6) is 0.0404. The number of fused-ring (bicyclic) bond motifs is 1. The SMILES string of the molecule is Cn1ccc(-c2cc(O)[c]c3nccnc23)n1. The van der Waals surface area contributed by atoms with E-state index in [1.54, 1.807) is 23.1 Å². The van der Waals surface area contributed by atoms with Crippen molar-refractivity contribution in [2.24, 2.45) is 7.05 Å². The van der Waals surface area contributed by atoms with E-state index in [0.717, 1.165) is 11.3 Å². The molecule has 2 aromatic heterocycles. The summed E-state index contributed by atoms with van der Waals surface area (Å²) in [5.41, 5.74) is 2.73. The van der Waals surface area contributed by atoms with Gasteiger partial charge in [0, 0.05) is 31.2 Å². The van der Waals surface area contributed by atoms with E-state index in [1.165, 1.54) is 0 Å². The van der Waals surface area contributed by atoms with Crippen LogP contribution in [0.15, 0.2) is 30.7 Å². The number of rotatable bonds is 1. The number of hydrogen-bond acceptors (Lipinski definition) is 4. The lowest BCUT2D eigenvalue weighted by atomic mass is 10.1. The van der Waals surface area contributed by atoms with Crippen molar-refractivity contribution in [3.8, 4) is 17.0 Å². The van der Waals surface area contributed by atoms with Crippen molar-refractivity contribution in [2.45, 2.75) is 0 Å². The average molecular weight is 225 g/mol. The van der Waals surface area contributed by atoms with E-state index in [-0.39, 0.29) is 5.75 Å². The van der Waals surface area contributed by atoms with Gasteiger partial charge in [0.1, 0.15) is 11.3 Å². The molecule has 3 rings (SSSR count). The first-order chi connectivity index (χ1) is 8.24. The first-order valence-electron chi connectivity index (χ1n) is 5.10. The molecule has 3 aromatic rings. The Morgan fingerprint density at radius 1 is 1.29 bits per heavy atom. The lowest BCUT2D eigenvalue weighted by molar-refractivity contribution is 0.475. The predicted octanol–water partition coefficient (Wildman–Crippen LogP) is 1.54. The third-order valence-corrected chi connectivity index (χ3v) is 2.47. The maximum Gasteiger partial charge on any atom is 0.126 e. The Balaban J connectivity index is 2.35. The van der Waals surface area contributed by atoms with E-state index < -0.39 is 0 Å². The lowest BCUT2D eigenvalue weighted by Crippen LogP contribution is -1.91. The summed E-state index contributed by atoms with van der Waals surface area (Å²) in [6.07, 6.45) is 5.02. The minimum Gasteiger partial charge on any atom is -0.507 e. The summed E-state index contributed by atoms with van der Waals surface area (Å²) in [6.45, 7) is 0. The molecule has 1 aromatic carbocycles. The molecule has 5 heteroatoms. The minimum atomic E-state index is 0.0404. The van der Waals surface area contributed by atoms with E-state index in [1.807, 2.05) is 19.3 Å². The van der Waals surface area contributed by atoms with Gasteiger partial charge in [-0.15, -0.1) is 0 Å². The smallest absolute Gasteiger partial charge is 0.126 e. The Labute approximate surface area is 97.4 Å². The first-order valence-corrected chi connectivity index (χ1v) is 5.10. The molecule has 0 aliphatic rings. The van der Waals surface area contributed by atoms with Gasteiger partial charge < -0.3 is 5.11 Å². The Morgan fingerprint density at radius 2 is 2.12 bits per heavy atom. The van der Waals surface area contributed by atoms with Gasteiger partial charge in [0.2, 0.25) is 0 Å². The molecule has 0 atom stereocenters. The number of phenols is 1. The summed E-state index contributed by atoms with van der Waals surface area (Å²) < 4.78 is 1.70. The van der Waals surface area contributed by atoms with Gasteiger partial charge in [0.25, 0.3) is 0 Å². The van der Waals surface area contributed by atoms with Crippen molar-refractivity contribution in [1.82, 2.24) is 19.7 Å². The van der Waals surface area contributed by atoms with Crippen molar-refractivity contribution in [3.63, 3.8) is 0 Å². The number of aryl methyl sites for hydroxylation is 1. The number of benzene rings is 1. The van der Waals surface area contributed by atoms with Crippen molar-refractivity contribution in [2.75, 3.05) is 0 Å². The summed E-state index contributed by atoms with van der Waals surface area (Å²) in [4.78, 5) is 8.38. The molecule has 2 heterocycles. The van der Waals surface area contributed by atoms with Crippen LogP contribution < -0.4 is 0 Å². The highest BCUT2D eigenvalue weighted by Crippen LogP contribution is 2.28. The Hall–Kier alpha value is -2.43. The van der Waals surface area contributed by atoms with Gasteiger partial charge in [0.15, 0.2) is 0 Å². The zero-order valence-corrected chi connectivity index (χ0v) is 9.12. The van der Waals surface area contributed by atoms with Crippen LogP contribution in [0, 0.1) is 6.07 Å². The molecule has 83 valence electrons. The molecule has 1 radical (unpaired) electrons. The van der Waals surface area contributed by atoms with Gasteiger partial charge in [-0.05, 0) is 12.1 Å². The molecule has 0 aliphatic carbocycles. The molecule has 0 amide bonds. The molecule has 17 heavy (non-hydrogen) atoms. The summed E-state index contributed by atoms with van der Waals surface area (Å²) in [5, 5.41) is 13.9. The summed E-state index contributed by atoms with van der Waals surface area (Å²) >= 11 is 0. The Morgan fingerprint density at radius 3 is 2.88 bits per heavy atom. The highest BCUT2D eigenvalue weighted by molar-refractivity contribution is 5.91. The molecule has 0 saturated heterocycles. The molecule has 5 nitrogen and oxygen atoms in total. The van der Waals surface area contributed by atoms with Crippen LogP contribution in [0.5, 0.6) is 5.75 Å². The van der Waals surface area contributed by atoms with Crippen molar-refractivity contribution >= 4 is 11.0 Å². The highest BCUT2D eigenvalue weighted by Gasteiger charge is 2.10. The van der Waals surface area contributed by atoms with Gasteiger partial charge in [-0.2, -0.15) is 5.10 Å². The van der Waals surface area contributed by atoms with Gasteiger partial charge in [0.05, 0.1) is 17.3 Å². The van der Waals surface area contributed by atoms with Crippen LogP contribution >= 0.6 is 0 Å². The van der Waals surface area contributed by atoms with Crippen LogP contribution in [0.3, 0.4) is 0 Å². The van der Waals surface area contributed by atoms with Gasteiger partial charge in [-0.3, -0.25) is 14.6 Å². The summed E-state index contributed by atoms with van der Waals surface area (Å²) in [7, 11) is 1.84. The number of aromatic hydroxyl groups is 1. The maximum atomic E-state index is 9.62. The maximum absolute atomic E-state index is 9.62. The second-order valence-electron chi connectivity index (χ2n) is 3.70. The third-order valence-electron chi connectivity index (χ3n) is 2.47. The molecule has 0 aliphatic heterocycles. The third kappa shape index (κ3) is 1.61. The number of phenolic OH excluding ortho intramolecular Hbond substituents is 1. The van der Waals surface area contributed by atoms with Gasteiger partial charge in [-0.1, -0.05) is 0 Å². The van der Waals surface area contributed by atoms with Crippen LogP contribution in [0.2, 0.25) is 0 Å². The predicted molar refractivity (Wildman–Crippen MR) is 62.2 cm³/mol. The minimum absolute atomic E-state index is 0.0404. The van der Waals surface area contributed by atoms with E-state index in [4.69, 9.17) is 0 Å². The topological polar surface area (TPSA) is 63.8 Å². The monoisotopic (exact) mass is 225 g/mol.